The fraction of sp³-hybridized carbons (Fsp3) is 0.189. The number of aromatic nitrogens is 2. The number of hydrogen-bond donors (Lipinski definition) is 0. The Morgan fingerprint density at radius 3 is 2.14 bits per heavy atom. The lowest BCUT2D eigenvalue weighted by Gasteiger charge is -2.24. The molecule has 1 aromatic heterocycles. The van der Waals surface area contributed by atoms with E-state index in [1.807, 2.05) is 110 Å². The predicted octanol–water partition coefficient (Wildman–Crippen LogP) is 5.83. The summed E-state index contributed by atoms with van der Waals surface area (Å²) in [6.07, 6.45) is 1.52. The maximum atomic E-state index is 14.0. The average molecular weight is 583 g/mol. The van der Waals surface area contributed by atoms with Crippen LogP contribution in [0.2, 0.25) is 0 Å². The van der Waals surface area contributed by atoms with Gasteiger partial charge in [0.25, 0.3) is 5.56 Å². The van der Waals surface area contributed by atoms with Crippen LogP contribution in [0.15, 0.2) is 125 Å². The predicted molar refractivity (Wildman–Crippen MR) is 174 cm³/mol. The summed E-state index contributed by atoms with van der Waals surface area (Å²) in [4.78, 5) is 42.5. The molecule has 1 heterocycles. The van der Waals surface area contributed by atoms with Crippen molar-refractivity contribution in [1.82, 2.24) is 9.13 Å². The van der Waals surface area contributed by atoms with E-state index in [0.29, 0.717) is 23.4 Å². The minimum Gasteiger partial charge on any atom is -0.310 e. The topological polar surface area (TPSA) is 88.1 Å². The Hall–Kier alpha value is -5.48. The van der Waals surface area contributed by atoms with E-state index in [-0.39, 0.29) is 37.5 Å². The summed E-state index contributed by atoms with van der Waals surface area (Å²) < 4.78 is 2.87. The molecule has 0 saturated carbocycles. The van der Waals surface area contributed by atoms with Crippen LogP contribution in [0.4, 0.5) is 5.69 Å². The summed E-state index contributed by atoms with van der Waals surface area (Å²) in [6.45, 7) is 2.44. The molecular formula is C37H34N4O3. The highest BCUT2D eigenvalue weighted by Crippen LogP contribution is 2.27. The van der Waals surface area contributed by atoms with Crippen molar-refractivity contribution in [3.63, 3.8) is 0 Å². The van der Waals surface area contributed by atoms with Crippen LogP contribution < -0.4 is 16.1 Å². The molecule has 0 aliphatic rings. The molecule has 220 valence electrons. The van der Waals surface area contributed by atoms with Gasteiger partial charge in [-0.15, -0.1) is 0 Å². The van der Waals surface area contributed by atoms with Gasteiger partial charge in [0.1, 0.15) is 0 Å². The van der Waals surface area contributed by atoms with Crippen LogP contribution in [0, 0.1) is 11.3 Å². The molecule has 7 heteroatoms. The van der Waals surface area contributed by atoms with Crippen molar-refractivity contribution in [2.75, 3.05) is 11.4 Å². The van der Waals surface area contributed by atoms with Gasteiger partial charge in [-0.1, -0.05) is 104 Å². The summed E-state index contributed by atoms with van der Waals surface area (Å²) >= 11 is 0. The zero-order chi connectivity index (χ0) is 30.9. The molecule has 0 saturated heterocycles. The van der Waals surface area contributed by atoms with Crippen LogP contribution in [-0.2, 0) is 30.7 Å². The molecule has 1 amide bonds. The van der Waals surface area contributed by atoms with Gasteiger partial charge >= 0.3 is 5.69 Å². The van der Waals surface area contributed by atoms with Crippen molar-refractivity contribution in [2.45, 2.75) is 39.3 Å². The molecule has 0 spiro atoms. The lowest BCUT2D eigenvalue weighted by Crippen LogP contribution is -2.44. The van der Waals surface area contributed by atoms with Gasteiger partial charge in [0, 0.05) is 30.5 Å². The lowest BCUT2D eigenvalue weighted by atomic mass is 9.95. The van der Waals surface area contributed by atoms with E-state index in [1.165, 1.54) is 10.6 Å². The summed E-state index contributed by atoms with van der Waals surface area (Å²) in [6, 6.07) is 37.7. The molecule has 0 aliphatic heterocycles. The molecule has 0 atom stereocenters. The standard InChI is InChI=1S/C37H34N4O3/c1-2-13-32-25-36(43)40(23-22-39(31-18-7-4-8-19-31)35(42)24-28-14-5-3-6-15-28)37(44)41(32)27-30-17-10-12-21-34(30)33-20-11-9-16-29(33)26-38/h3-12,14-21,25H,2,13,22-24,27H2,1H3. The maximum absolute atomic E-state index is 14.0. The first-order chi connectivity index (χ1) is 21.5. The minimum absolute atomic E-state index is 0.0401. The van der Waals surface area contributed by atoms with Crippen LogP contribution >= 0.6 is 0 Å². The molecule has 7 nitrogen and oxygen atoms in total. The van der Waals surface area contributed by atoms with Crippen molar-refractivity contribution in [1.29, 1.82) is 5.26 Å². The highest BCUT2D eigenvalue weighted by molar-refractivity contribution is 5.94. The largest absolute Gasteiger partial charge is 0.331 e. The van der Waals surface area contributed by atoms with Gasteiger partial charge in [-0.05, 0) is 46.9 Å². The molecular weight excluding hydrogens is 548 g/mol. The normalized spacial score (nSPS) is 10.7. The quantitative estimate of drug-likeness (QED) is 0.196. The maximum Gasteiger partial charge on any atom is 0.331 e. The van der Waals surface area contributed by atoms with E-state index in [0.717, 1.165) is 28.7 Å². The van der Waals surface area contributed by atoms with E-state index in [2.05, 4.69) is 6.07 Å². The molecule has 5 aromatic rings. The van der Waals surface area contributed by atoms with Crippen molar-refractivity contribution < 1.29 is 4.79 Å². The minimum atomic E-state index is -0.423. The van der Waals surface area contributed by atoms with Gasteiger partial charge in [0.15, 0.2) is 0 Å². The SMILES string of the molecule is CCCc1cc(=O)n(CCN(C(=O)Cc2ccccc2)c2ccccc2)c(=O)n1Cc1ccccc1-c1ccccc1C#N. The fourth-order valence-electron chi connectivity index (χ4n) is 5.48. The average Bonchev–Trinajstić information content (AvgIpc) is 3.05. The second-order valence-corrected chi connectivity index (χ2v) is 10.6. The number of anilines is 1. The van der Waals surface area contributed by atoms with Crippen LogP contribution in [0.5, 0.6) is 0 Å². The number of carbonyl (C=O) groups excluding carboxylic acids is 1. The highest BCUT2D eigenvalue weighted by atomic mass is 16.2. The van der Waals surface area contributed by atoms with E-state index in [4.69, 9.17) is 0 Å². The van der Waals surface area contributed by atoms with Gasteiger partial charge in [0.2, 0.25) is 5.91 Å². The van der Waals surface area contributed by atoms with Gasteiger partial charge < -0.3 is 4.90 Å². The van der Waals surface area contributed by atoms with Crippen molar-refractivity contribution in [2.24, 2.45) is 0 Å². The summed E-state index contributed by atoms with van der Waals surface area (Å²) in [7, 11) is 0. The number of carbonyl (C=O) groups is 1. The van der Waals surface area contributed by atoms with Gasteiger partial charge in [-0.25, -0.2) is 4.79 Å². The number of amides is 1. The third-order valence-electron chi connectivity index (χ3n) is 7.67. The monoisotopic (exact) mass is 582 g/mol. The Morgan fingerprint density at radius 1 is 0.795 bits per heavy atom. The Morgan fingerprint density at radius 2 is 1.43 bits per heavy atom. The van der Waals surface area contributed by atoms with Crippen LogP contribution in [0.25, 0.3) is 11.1 Å². The summed E-state index contributed by atoms with van der Waals surface area (Å²) in [5.41, 5.74) is 4.50. The molecule has 0 aliphatic carbocycles. The molecule has 4 aromatic carbocycles. The zero-order valence-corrected chi connectivity index (χ0v) is 24.7. The fourth-order valence-corrected chi connectivity index (χ4v) is 5.48. The third kappa shape index (κ3) is 6.77. The molecule has 44 heavy (non-hydrogen) atoms. The Balaban J connectivity index is 1.50. The van der Waals surface area contributed by atoms with Crippen LogP contribution in [0.1, 0.15) is 35.7 Å². The van der Waals surface area contributed by atoms with Crippen LogP contribution in [0.3, 0.4) is 0 Å². The van der Waals surface area contributed by atoms with Crippen molar-refractivity contribution in [3.05, 3.63) is 158 Å². The number of rotatable bonds is 11. The molecule has 0 bridgehead atoms. The first kappa shape index (κ1) is 30.0. The summed E-state index contributed by atoms with van der Waals surface area (Å²) in [5, 5.41) is 9.72. The highest BCUT2D eigenvalue weighted by Gasteiger charge is 2.19. The van der Waals surface area contributed by atoms with E-state index >= 15 is 0 Å². The summed E-state index contributed by atoms with van der Waals surface area (Å²) in [5.74, 6) is -0.122. The van der Waals surface area contributed by atoms with Gasteiger partial charge in [-0.2, -0.15) is 5.26 Å². The number of para-hydroxylation sites is 1. The number of aryl methyl sites for hydroxylation is 1. The van der Waals surface area contributed by atoms with Crippen LogP contribution in [-0.4, -0.2) is 21.6 Å². The number of hydrogen-bond acceptors (Lipinski definition) is 4. The number of benzene rings is 4. The van der Waals surface area contributed by atoms with E-state index < -0.39 is 5.69 Å². The van der Waals surface area contributed by atoms with Gasteiger partial charge in [0.05, 0.1) is 24.6 Å². The molecule has 0 N–H and O–H groups in total. The second kappa shape index (κ2) is 14.1. The van der Waals surface area contributed by atoms with E-state index in [1.54, 1.807) is 15.5 Å². The van der Waals surface area contributed by atoms with Gasteiger partial charge in [-0.3, -0.25) is 18.7 Å². The van der Waals surface area contributed by atoms with Crippen molar-refractivity contribution >= 4 is 11.6 Å². The Labute approximate surface area is 256 Å². The first-order valence-corrected chi connectivity index (χ1v) is 14.8. The second-order valence-electron chi connectivity index (χ2n) is 10.6. The number of nitrogens with zero attached hydrogens (tertiary/aromatic N) is 4. The number of nitriles is 1. The van der Waals surface area contributed by atoms with E-state index in [9.17, 15) is 19.6 Å². The molecule has 0 unspecified atom stereocenters. The smallest absolute Gasteiger partial charge is 0.310 e. The lowest BCUT2D eigenvalue weighted by molar-refractivity contribution is -0.118. The zero-order valence-electron chi connectivity index (χ0n) is 24.7. The molecule has 0 radical (unpaired) electrons. The third-order valence-corrected chi connectivity index (χ3v) is 7.67. The molecule has 5 rings (SSSR count). The van der Waals surface area contributed by atoms with Crippen molar-refractivity contribution in [3.8, 4) is 17.2 Å². The first-order valence-electron chi connectivity index (χ1n) is 14.8. The Kier molecular flexibility index (Phi) is 9.63. The Bertz CT molecular complexity index is 1900. The molecule has 0 fully saturated rings.